The van der Waals surface area contributed by atoms with E-state index in [9.17, 15) is 0 Å². The lowest BCUT2D eigenvalue weighted by atomic mass is 10.1. The summed E-state index contributed by atoms with van der Waals surface area (Å²) in [4.78, 5) is 2.37. The van der Waals surface area contributed by atoms with Crippen molar-refractivity contribution in [1.29, 1.82) is 0 Å². The van der Waals surface area contributed by atoms with Crippen LogP contribution >= 0.6 is 11.6 Å². The lowest BCUT2D eigenvalue weighted by molar-refractivity contribution is 0.170. The summed E-state index contributed by atoms with van der Waals surface area (Å²) in [7, 11) is 0. The summed E-state index contributed by atoms with van der Waals surface area (Å²) in [5, 5.41) is 0.633. The molecule has 19 heavy (non-hydrogen) atoms. The first kappa shape index (κ1) is 13.0. The van der Waals surface area contributed by atoms with E-state index in [-0.39, 0.29) is 0 Å². The van der Waals surface area contributed by atoms with Gasteiger partial charge in [0.05, 0.1) is 5.02 Å². The molecule has 0 unspecified atom stereocenters. The molecule has 3 rings (SSSR count). The van der Waals surface area contributed by atoms with Crippen LogP contribution in [0, 0.1) is 0 Å². The zero-order valence-corrected chi connectivity index (χ0v) is 11.7. The smallest absolute Gasteiger partial charge is 0.179 e. The van der Waals surface area contributed by atoms with Gasteiger partial charge in [0.1, 0.15) is 13.2 Å². The van der Waals surface area contributed by atoms with E-state index < -0.39 is 0 Å². The number of nitrogens with zero attached hydrogens (tertiary/aromatic N) is 1. The fourth-order valence-corrected chi connectivity index (χ4v) is 3.04. The molecule has 1 atom stereocenters. The molecule has 1 aromatic rings. The van der Waals surface area contributed by atoms with Crippen LogP contribution in [0.2, 0.25) is 5.02 Å². The zero-order valence-electron chi connectivity index (χ0n) is 10.9. The third kappa shape index (κ3) is 2.96. The molecule has 1 saturated heterocycles. The van der Waals surface area contributed by atoms with E-state index in [4.69, 9.17) is 26.8 Å². The molecule has 2 heterocycles. The summed E-state index contributed by atoms with van der Waals surface area (Å²) in [5.41, 5.74) is 7.16. The van der Waals surface area contributed by atoms with Gasteiger partial charge in [-0.15, -0.1) is 0 Å². The molecule has 2 N–H and O–H groups in total. The number of hydrogen-bond donors (Lipinski definition) is 1. The molecular formula is C14H19ClN2O2. The standard InChI is InChI=1S/C14H19ClN2O2/c15-12-6-10(7-13-14(12)19-5-4-18-13)8-17-3-1-2-11(16)9-17/h6-7,11H,1-5,8-9,16H2/t11-/m1/s1. The van der Waals surface area contributed by atoms with Crippen LogP contribution in [0.25, 0.3) is 0 Å². The molecule has 0 amide bonds. The number of benzene rings is 1. The Balaban J connectivity index is 1.76. The van der Waals surface area contributed by atoms with E-state index in [1.807, 2.05) is 12.1 Å². The van der Waals surface area contributed by atoms with Gasteiger partial charge in [0.25, 0.3) is 0 Å². The van der Waals surface area contributed by atoms with Crippen LogP contribution in [0.5, 0.6) is 11.5 Å². The zero-order chi connectivity index (χ0) is 13.2. The van der Waals surface area contributed by atoms with Crippen molar-refractivity contribution in [2.45, 2.75) is 25.4 Å². The second-order valence-electron chi connectivity index (χ2n) is 5.24. The van der Waals surface area contributed by atoms with Crippen molar-refractivity contribution >= 4 is 11.6 Å². The normalized spacial score (nSPS) is 23.4. The van der Waals surface area contributed by atoms with Gasteiger partial charge in [-0.25, -0.2) is 0 Å². The number of piperidine rings is 1. The van der Waals surface area contributed by atoms with E-state index in [2.05, 4.69) is 4.90 Å². The second kappa shape index (κ2) is 5.57. The van der Waals surface area contributed by atoms with E-state index in [1.54, 1.807) is 0 Å². The lowest BCUT2D eigenvalue weighted by Gasteiger charge is -2.31. The minimum absolute atomic E-state index is 0.293. The monoisotopic (exact) mass is 282 g/mol. The maximum atomic E-state index is 6.25. The summed E-state index contributed by atoms with van der Waals surface area (Å²) in [6.45, 7) is 4.06. The van der Waals surface area contributed by atoms with E-state index in [0.29, 0.717) is 30.0 Å². The number of likely N-dealkylation sites (tertiary alicyclic amines) is 1. The Labute approximate surface area is 118 Å². The Morgan fingerprint density at radius 1 is 1.32 bits per heavy atom. The number of ether oxygens (including phenoxy) is 2. The molecule has 4 nitrogen and oxygen atoms in total. The molecule has 0 spiro atoms. The molecule has 0 radical (unpaired) electrons. The first-order valence-corrected chi connectivity index (χ1v) is 7.16. The predicted molar refractivity (Wildman–Crippen MR) is 74.9 cm³/mol. The number of halogens is 1. The minimum Gasteiger partial charge on any atom is -0.486 e. The van der Waals surface area contributed by atoms with Gasteiger partial charge in [0.15, 0.2) is 11.5 Å². The highest BCUT2D eigenvalue weighted by molar-refractivity contribution is 6.32. The van der Waals surface area contributed by atoms with Gasteiger partial charge in [-0.3, -0.25) is 4.90 Å². The van der Waals surface area contributed by atoms with Crippen LogP contribution in [-0.4, -0.2) is 37.2 Å². The average Bonchev–Trinajstić information content (AvgIpc) is 2.39. The van der Waals surface area contributed by atoms with Gasteiger partial charge in [0, 0.05) is 19.1 Å². The van der Waals surface area contributed by atoms with Crippen LogP contribution in [0.3, 0.4) is 0 Å². The molecular weight excluding hydrogens is 264 g/mol. The SMILES string of the molecule is N[C@@H]1CCCN(Cc2cc(Cl)c3c(c2)OCCO3)C1. The topological polar surface area (TPSA) is 47.7 Å². The van der Waals surface area contributed by atoms with Crippen LogP contribution < -0.4 is 15.2 Å². The molecule has 0 bridgehead atoms. The summed E-state index contributed by atoms with van der Waals surface area (Å²) in [6, 6.07) is 4.29. The van der Waals surface area contributed by atoms with Crippen LogP contribution in [0.4, 0.5) is 0 Å². The molecule has 1 fully saturated rings. The number of hydrogen-bond acceptors (Lipinski definition) is 4. The lowest BCUT2D eigenvalue weighted by Crippen LogP contribution is -2.42. The van der Waals surface area contributed by atoms with Gasteiger partial charge in [0.2, 0.25) is 0 Å². The van der Waals surface area contributed by atoms with Gasteiger partial charge in [-0.1, -0.05) is 11.6 Å². The van der Waals surface area contributed by atoms with Gasteiger partial charge in [-0.05, 0) is 37.1 Å². The quantitative estimate of drug-likeness (QED) is 0.902. The molecule has 2 aliphatic rings. The van der Waals surface area contributed by atoms with Gasteiger partial charge >= 0.3 is 0 Å². The summed E-state index contributed by atoms with van der Waals surface area (Å²) < 4.78 is 11.1. The van der Waals surface area contributed by atoms with Crippen molar-refractivity contribution in [3.8, 4) is 11.5 Å². The Bertz CT molecular complexity index is 467. The van der Waals surface area contributed by atoms with Gasteiger partial charge < -0.3 is 15.2 Å². The Hall–Kier alpha value is -0.970. The number of nitrogens with two attached hydrogens (primary N) is 1. The van der Waals surface area contributed by atoms with Crippen molar-refractivity contribution in [3.63, 3.8) is 0 Å². The Morgan fingerprint density at radius 3 is 3.00 bits per heavy atom. The van der Waals surface area contributed by atoms with Crippen molar-refractivity contribution in [1.82, 2.24) is 4.90 Å². The highest BCUT2D eigenvalue weighted by atomic mass is 35.5. The predicted octanol–water partition coefficient (Wildman–Crippen LogP) is 2.03. The number of rotatable bonds is 2. The molecule has 104 valence electrons. The summed E-state index contributed by atoms with van der Waals surface area (Å²) in [6.07, 6.45) is 2.29. The summed E-state index contributed by atoms with van der Waals surface area (Å²) >= 11 is 6.25. The average molecular weight is 283 g/mol. The molecule has 0 saturated carbocycles. The number of fused-ring (bicyclic) bond motifs is 1. The van der Waals surface area contributed by atoms with E-state index in [0.717, 1.165) is 37.4 Å². The first-order valence-electron chi connectivity index (χ1n) is 6.78. The Morgan fingerprint density at radius 2 is 2.16 bits per heavy atom. The maximum absolute atomic E-state index is 6.25. The molecule has 0 aliphatic carbocycles. The van der Waals surface area contributed by atoms with Crippen LogP contribution in [0.15, 0.2) is 12.1 Å². The van der Waals surface area contributed by atoms with E-state index >= 15 is 0 Å². The van der Waals surface area contributed by atoms with Crippen molar-refractivity contribution in [2.24, 2.45) is 5.73 Å². The third-order valence-electron chi connectivity index (χ3n) is 3.60. The highest BCUT2D eigenvalue weighted by Gasteiger charge is 2.20. The highest BCUT2D eigenvalue weighted by Crippen LogP contribution is 2.38. The first-order chi connectivity index (χ1) is 9.22. The van der Waals surface area contributed by atoms with Crippen LogP contribution in [-0.2, 0) is 6.54 Å². The third-order valence-corrected chi connectivity index (χ3v) is 3.89. The van der Waals surface area contributed by atoms with Crippen molar-refractivity contribution < 1.29 is 9.47 Å². The summed E-state index contributed by atoms with van der Waals surface area (Å²) in [5.74, 6) is 1.43. The van der Waals surface area contributed by atoms with Gasteiger partial charge in [-0.2, -0.15) is 0 Å². The Kier molecular flexibility index (Phi) is 3.82. The molecule has 5 heteroatoms. The fourth-order valence-electron chi connectivity index (χ4n) is 2.75. The second-order valence-corrected chi connectivity index (χ2v) is 5.65. The minimum atomic E-state index is 0.293. The van der Waals surface area contributed by atoms with Crippen LogP contribution in [0.1, 0.15) is 18.4 Å². The van der Waals surface area contributed by atoms with Crippen molar-refractivity contribution in [3.05, 3.63) is 22.7 Å². The van der Waals surface area contributed by atoms with E-state index in [1.165, 1.54) is 6.42 Å². The van der Waals surface area contributed by atoms with Crippen molar-refractivity contribution in [2.75, 3.05) is 26.3 Å². The molecule has 2 aliphatic heterocycles. The largest absolute Gasteiger partial charge is 0.486 e. The molecule has 0 aromatic heterocycles. The maximum Gasteiger partial charge on any atom is 0.179 e. The fraction of sp³-hybridized carbons (Fsp3) is 0.571. The molecule has 1 aromatic carbocycles.